The van der Waals surface area contributed by atoms with Crippen molar-refractivity contribution >= 4 is 29.1 Å². The molecular formula is C19H23N5O2S. The normalized spacial score (nSPS) is 11.2. The Morgan fingerprint density at radius 2 is 1.93 bits per heavy atom. The summed E-state index contributed by atoms with van der Waals surface area (Å²) in [6, 6.07) is 7.36. The van der Waals surface area contributed by atoms with Crippen molar-refractivity contribution in [2.75, 3.05) is 11.6 Å². The van der Waals surface area contributed by atoms with Gasteiger partial charge in [-0.2, -0.15) is 4.98 Å². The molecule has 7 nitrogen and oxygen atoms in total. The molecule has 0 bridgehead atoms. The molecule has 2 heterocycles. The zero-order valence-corrected chi connectivity index (χ0v) is 16.9. The lowest BCUT2D eigenvalue weighted by Gasteiger charge is -2.12. The number of carbonyl (C=O) groups excluding carboxylic acids is 1. The Morgan fingerprint density at radius 1 is 1.22 bits per heavy atom. The fraction of sp³-hybridized carbons (Fsp3) is 0.368. The predicted molar refractivity (Wildman–Crippen MR) is 107 cm³/mol. The molecule has 0 aliphatic rings. The number of aryl methyl sites for hydroxylation is 2. The maximum Gasteiger partial charge on any atom is 0.253 e. The van der Waals surface area contributed by atoms with E-state index in [4.69, 9.17) is 4.74 Å². The van der Waals surface area contributed by atoms with E-state index in [9.17, 15) is 4.79 Å². The van der Waals surface area contributed by atoms with Crippen LogP contribution in [-0.4, -0.2) is 37.8 Å². The molecule has 142 valence electrons. The molecule has 0 atom stereocenters. The van der Waals surface area contributed by atoms with E-state index >= 15 is 0 Å². The van der Waals surface area contributed by atoms with Crippen LogP contribution >= 0.6 is 11.8 Å². The van der Waals surface area contributed by atoms with Crippen LogP contribution in [0.5, 0.6) is 5.75 Å². The molecule has 0 unspecified atom stereocenters. The molecule has 0 saturated heterocycles. The standard InChI is InChI=1S/C19H23N5O2S/c1-11(2)26-15-8-6-14(7-9-15)21-17(25)10-16-12(3)20-18-22-19(27-5)23-24(18)13(16)4/h6-9,11H,10H2,1-5H3,(H,21,25). The lowest BCUT2D eigenvalue weighted by atomic mass is 10.1. The van der Waals surface area contributed by atoms with Crippen LogP contribution in [0, 0.1) is 13.8 Å². The Kier molecular flexibility index (Phi) is 5.65. The zero-order chi connectivity index (χ0) is 19.6. The summed E-state index contributed by atoms with van der Waals surface area (Å²) >= 11 is 1.46. The van der Waals surface area contributed by atoms with Gasteiger partial charge >= 0.3 is 0 Å². The average Bonchev–Trinajstić information content (AvgIpc) is 3.03. The summed E-state index contributed by atoms with van der Waals surface area (Å²) < 4.78 is 7.31. The first-order chi connectivity index (χ1) is 12.9. The van der Waals surface area contributed by atoms with Crippen molar-refractivity contribution in [2.24, 2.45) is 0 Å². The van der Waals surface area contributed by atoms with Crippen LogP contribution in [-0.2, 0) is 11.2 Å². The number of benzene rings is 1. The highest BCUT2D eigenvalue weighted by atomic mass is 32.2. The Hall–Kier alpha value is -2.61. The van der Waals surface area contributed by atoms with Gasteiger partial charge in [-0.3, -0.25) is 4.79 Å². The van der Waals surface area contributed by atoms with E-state index in [1.165, 1.54) is 11.8 Å². The van der Waals surface area contributed by atoms with Gasteiger partial charge in [-0.25, -0.2) is 9.50 Å². The van der Waals surface area contributed by atoms with Crippen LogP contribution in [0.25, 0.3) is 5.78 Å². The number of aromatic nitrogens is 4. The molecule has 2 aromatic heterocycles. The van der Waals surface area contributed by atoms with E-state index in [2.05, 4.69) is 20.4 Å². The molecule has 1 amide bonds. The minimum absolute atomic E-state index is 0.106. The van der Waals surface area contributed by atoms with Crippen molar-refractivity contribution in [3.8, 4) is 5.75 Å². The smallest absolute Gasteiger partial charge is 0.253 e. The SMILES string of the molecule is CSc1nc2nc(C)c(CC(=O)Nc3ccc(OC(C)C)cc3)c(C)n2n1. The van der Waals surface area contributed by atoms with E-state index in [0.29, 0.717) is 10.9 Å². The Morgan fingerprint density at radius 3 is 2.56 bits per heavy atom. The molecule has 0 radical (unpaired) electrons. The van der Waals surface area contributed by atoms with E-state index in [1.54, 1.807) is 4.52 Å². The summed E-state index contributed by atoms with van der Waals surface area (Å²) in [6.45, 7) is 7.77. The Labute approximate surface area is 162 Å². The molecule has 1 N–H and O–H groups in total. The summed E-state index contributed by atoms with van der Waals surface area (Å²) in [4.78, 5) is 21.4. The minimum atomic E-state index is -0.106. The number of rotatable bonds is 6. The highest BCUT2D eigenvalue weighted by Crippen LogP contribution is 2.19. The summed E-state index contributed by atoms with van der Waals surface area (Å²) in [6.07, 6.45) is 2.25. The van der Waals surface area contributed by atoms with Crippen molar-refractivity contribution in [3.05, 3.63) is 41.2 Å². The summed E-state index contributed by atoms with van der Waals surface area (Å²) in [5.41, 5.74) is 3.25. The Balaban J connectivity index is 1.75. The van der Waals surface area contributed by atoms with E-state index < -0.39 is 0 Å². The van der Waals surface area contributed by atoms with Crippen molar-refractivity contribution in [3.63, 3.8) is 0 Å². The van der Waals surface area contributed by atoms with Gasteiger partial charge in [0.05, 0.1) is 12.5 Å². The summed E-state index contributed by atoms with van der Waals surface area (Å²) in [5.74, 6) is 1.23. The number of hydrogen-bond acceptors (Lipinski definition) is 6. The second kappa shape index (κ2) is 7.96. The quantitative estimate of drug-likeness (QED) is 0.655. The number of carbonyl (C=O) groups is 1. The van der Waals surface area contributed by atoms with Crippen molar-refractivity contribution < 1.29 is 9.53 Å². The first-order valence-electron chi connectivity index (χ1n) is 8.70. The first kappa shape index (κ1) is 19.2. The van der Waals surface area contributed by atoms with E-state index in [-0.39, 0.29) is 18.4 Å². The molecule has 3 rings (SSSR count). The molecule has 0 spiro atoms. The maximum atomic E-state index is 12.5. The molecule has 1 aromatic carbocycles. The van der Waals surface area contributed by atoms with Crippen molar-refractivity contribution in [2.45, 2.75) is 45.4 Å². The number of amides is 1. The third-order valence-corrected chi connectivity index (χ3v) is 4.60. The predicted octanol–water partition coefficient (Wildman–Crippen LogP) is 3.43. The number of ether oxygens (including phenoxy) is 1. The molecule has 0 aliphatic heterocycles. The molecule has 3 aromatic rings. The lowest BCUT2D eigenvalue weighted by molar-refractivity contribution is -0.115. The van der Waals surface area contributed by atoms with Crippen LogP contribution in [0.1, 0.15) is 30.8 Å². The van der Waals surface area contributed by atoms with Crippen LogP contribution in [0.2, 0.25) is 0 Å². The van der Waals surface area contributed by atoms with Crippen molar-refractivity contribution in [1.29, 1.82) is 0 Å². The van der Waals surface area contributed by atoms with Crippen LogP contribution in [0.3, 0.4) is 0 Å². The summed E-state index contributed by atoms with van der Waals surface area (Å²) in [5, 5.41) is 8.00. The van der Waals surface area contributed by atoms with E-state index in [1.807, 2.05) is 58.2 Å². The van der Waals surface area contributed by atoms with Gasteiger partial charge in [0, 0.05) is 22.6 Å². The topological polar surface area (TPSA) is 81.4 Å². The van der Waals surface area contributed by atoms with Gasteiger partial charge in [0.25, 0.3) is 5.78 Å². The highest BCUT2D eigenvalue weighted by molar-refractivity contribution is 7.98. The lowest BCUT2D eigenvalue weighted by Crippen LogP contribution is -2.17. The zero-order valence-electron chi connectivity index (χ0n) is 16.1. The largest absolute Gasteiger partial charge is 0.491 e. The molecule has 0 saturated carbocycles. The van der Waals surface area contributed by atoms with Gasteiger partial charge in [0.15, 0.2) is 0 Å². The second-order valence-electron chi connectivity index (χ2n) is 6.49. The third kappa shape index (κ3) is 4.39. The maximum absolute atomic E-state index is 12.5. The first-order valence-corrected chi connectivity index (χ1v) is 9.93. The third-order valence-electron chi connectivity index (χ3n) is 4.06. The summed E-state index contributed by atoms with van der Waals surface area (Å²) in [7, 11) is 0. The molecule has 27 heavy (non-hydrogen) atoms. The van der Waals surface area contributed by atoms with Gasteiger partial charge in [-0.05, 0) is 58.2 Å². The monoisotopic (exact) mass is 385 g/mol. The molecule has 8 heteroatoms. The van der Waals surface area contributed by atoms with Gasteiger partial charge in [-0.15, -0.1) is 5.10 Å². The van der Waals surface area contributed by atoms with Gasteiger partial charge in [0.2, 0.25) is 11.1 Å². The second-order valence-corrected chi connectivity index (χ2v) is 7.26. The molecular weight excluding hydrogens is 362 g/mol. The van der Waals surface area contributed by atoms with Crippen molar-refractivity contribution in [1.82, 2.24) is 19.6 Å². The number of hydrogen-bond donors (Lipinski definition) is 1. The van der Waals surface area contributed by atoms with Crippen LogP contribution < -0.4 is 10.1 Å². The van der Waals surface area contributed by atoms with Gasteiger partial charge in [-0.1, -0.05) is 11.8 Å². The van der Waals surface area contributed by atoms with Gasteiger partial charge in [0.1, 0.15) is 5.75 Å². The Bertz CT molecular complexity index is 966. The average molecular weight is 385 g/mol. The number of anilines is 1. The number of nitrogens with zero attached hydrogens (tertiary/aromatic N) is 4. The van der Waals surface area contributed by atoms with Crippen LogP contribution in [0.15, 0.2) is 29.4 Å². The number of thioether (sulfide) groups is 1. The molecule has 0 aliphatic carbocycles. The minimum Gasteiger partial charge on any atom is -0.491 e. The highest BCUT2D eigenvalue weighted by Gasteiger charge is 2.16. The van der Waals surface area contributed by atoms with Crippen LogP contribution in [0.4, 0.5) is 5.69 Å². The van der Waals surface area contributed by atoms with Gasteiger partial charge < -0.3 is 10.1 Å². The number of nitrogens with one attached hydrogen (secondary N) is 1. The fourth-order valence-electron chi connectivity index (χ4n) is 2.79. The van der Waals surface area contributed by atoms with E-state index in [0.717, 1.165) is 28.4 Å². The fourth-order valence-corrected chi connectivity index (χ4v) is 3.12. The number of fused-ring (bicyclic) bond motifs is 1. The molecule has 0 fully saturated rings.